The number of aromatic nitrogens is 2. The van der Waals surface area contributed by atoms with Crippen molar-refractivity contribution < 1.29 is 9.47 Å². The number of para-hydroxylation sites is 2. The fraction of sp³-hybridized carbons (Fsp3) is 0.300. The predicted molar refractivity (Wildman–Crippen MR) is 147 cm³/mol. The van der Waals surface area contributed by atoms with Gasteiger partial charge in [-0.15, -0.1) is 0 Å². The molecule has 1 atom stereocenters. The van der Waals surface area contributed by atoms with E-state index >= 15 is 0 Å². The fourth-order valence-electron chi connectivity index (χ4n) is 4.09. The predicted octanol–water partition coefficient (Wildman–Crippen LogP) is 6.56. The summed E-state index contributed by atoms with van der Waals surface area (Å²) in [6.45, 7) is 10.3. The highest BCUT2D eigenvalue weighted by molar-refractivity contribution is 5.84. The lowest BCUT2D eigenvalue weighted by Crippen LogP contribution is -2.21. The van der Waals surface area contributed by atoms with E-state index < -0.39 is 0 Å². The summed E-state index contributed by atoms with van der Waals surface area (Å²) in [7, 11) is 1.67. The smallest absolute Gasteiger partial charge is 0.282 e. The number of hydrogen-bond donors (Lipinski definition) is 0. The van der Waals surface area contributed by atoms with Crippen molar-refractivity contribution >= 4 is 17.1 Å². The second-order valence-corrected chi connectivity index (χ2v) is 9.25. The molecule has 0 N–H and O–H groups in total. The van der Waals surface area contributed by atoms with Crippen molar-refractivity contribution in [2.75, 3.05) is 7.11 Å². The lowest BCUT2D eigenvalue weighted by molar-refractivity contribution is 0.217. The highest BCUT2D eigenvalue weighted by Gasteiger charge is 2.18. The zero-order valence-corrected chi connectivity index (χ0v) is 21.8. The highest BCUT2D eigenvalue weighted by atomic mass is 16.5. The first-order valence-corrected chi connectivity index (χ1v) is 12.3. The Balaban J connectivity index is 1.94. The average molecular weight is 484 g/mol. The fourth-order valence-corrected chi connectivity index (χ4v) is 4.09. The summed E-state index contributed by atoms with van der Waals surface area (Å²) in [5, 5.41) is 5.17. The van der Waals surface area contributed by atoms with E-state index in [1.165, 1.54) is 4.68 Å². The van der Waals surface area contributed by atoms with Gasteiger partial charge in [-0.3, -0.25) is 4.79 Å². The van der Waals surface area contributed by atoms with Crippen LogP contribution in [0.4, 0.5) is 0 Å². The number of nitrogens with zero attached hydrogens (tertiary/aromatic N) is 3. The molecule has 0 aliphatic heterocycles. The van der Waals surface area contributed by atoms with Crippen LogP contribution >= 0.6 is 0 Å². The first kappa shape index (κ1) is 25.2. The Bertz CT molecular complexity index is 1470. The third-order valence-electron chi connectivity index (χ3n) is 6.33. The Morgan fingerprint density at radius 3 is 2.47 bits per heavy atom. The van der Waals surface area contributed by atoms with Gasteiger partial charge in [0.1, 0.15) is 11.5 Å². The molecule has 0 aliphatic carbocycles. The van der Waals surface area contributed by atoms with Crippen molar-refractivity contribution in [3.05, 3.63) is 87.7 Å². The van der Waals surface area contributed by atoms with E-state index in [9.17, 15) is 4.79 Å². The minimum atomic E-state index is -0.228. The Kier molecular flexibility index (Phi) is 7.53. The maximum absolute atomic E-state index is 13.7. The van der Waals surface area contributed by atoms with Crippen LogP contribution in [-0.4, -0.2) is 29.1 Å². The molecular weight excluding hydrogens is 450 g/mol. The number of methoxy groups -OCH3 is 1. The minimum absolute atomic E-state index is 0.0663. The standard InChI is InChI=1S/C30H33N3O3/c1-7-21(5)36-27-15-11-8-12-22(27)18-31-33-29(32-26-14-10-9-13-23(26)30(33)34)25-17-24(19(2)3)28(35-6)16-20(25)4/h8-19,21H,7H2,1-6H3/t21-/m0/s1. The molecule has 4 aromatic rings. The topological polar surface area (TPSA) is 65.7 Å². The summed E-state index contributed by atoms with van der Waals surface area (Å²) >= 11 is 0. The van der Waals surface area contributed by atoms with Crippen LogP contribution in [0.15, 0.2) is 70.6 Å². The maximum atomic E-state index is 13.7. The van der Waals surface area contributed by atoms with Crippen LogP contribution in [0.25, 0.3) is 22.3 Å². The Morgan fingerprint density at radius 1 is 1.03 bits per heavy atom. The molecule has 0 saturated carbocycles. The molecule has 1 heterocycles. The number of benzene rings is 3. The van der Waals surface area contributed by atoms with E-state index in [0.29, 0.717) is 16.7 Å². The molecular formula is C30H33N3O3. The third-order valence-corrected chi connectivity index (χ3v) is 6.33. The van der Waals surface area contributed by atoms with Gasteiger partial charge >= 0.3 is 0 Å². The largest absolute Gasteiger partial charge is 0.496 e. The molecule has 0 spiro atoms. The molecule has 36 heavy (non-hydrogen) atoms. The van der Waals surface area contributed by atoms with Crippen molar-refractivity contribution in [1.29, 1.82) is 0 Å². The molecule has 0 fully saturated rings. The Hall–Kier alpha value is -3.93. The van der Waals surface area contributed by atoms with Crippen LogP contribution in [0.1, 0.15) is 56.7 Å². The second kappa shape index (κ2) is 10.8. The molecule has 0 radical (unpaired) electrons. The van der Waals surface area contributed by atoms with Gasteiger partial charge < -0.3 is 9.47 Å². The number of rotatable bonds is 8. The van der Waals surface area contributed by atoms with Crippen LogP contribution in [-0.2, 0) is 0 Å². The lowest BCUT2D eigenvalue weighted by Gasteiger charge is -2.17. The van der Waals surface area contributed by atoms with Crippen LogP contribution in [0.2, 0.25) is 0 Å². The molecule has 1 aromatic heterocycles. The molecule has 186 valence electrons. The first-order valence-electron chi connectivity index (χ1n) is 12.3. The number of aryl methyl sites for hydroxylation is 1. The van der Waals surface area contributed by atoms with Crippen molar-refractivity contribution in [3.63, 3.8) is 0 Å². The van der Waals surface area contributed by atoms with Crippen molar-refractivity contribution in [3.8, 4) is 22.9 Å². The van der Waals surface area contributed by atoms with E-state index in [1.807, 2.05) is 62.4 Å². The van der Waals surface area contributed by atoms with Crippen LogP contribution in [0.3, 0.4) is 0 Å². The van der Waals surface area contributed by atoms with Crippen molar-refractivity contribution in [2.24, 2.45) is 5.10 Å². The molecule has 0 unspecified atom stereocenters. The third kappa shape index (κ3) is 5.03. The van der Waals surface area contributed by atoms with E-state index in [4.69, 9.17) is 14.5 Å². The molecule has 4 rings (SSSR count). The van der Waals surface area contributed by atoms with E-state index in [0.717, 1.165) is 40.2 Å². The van der Waals surface area contributed by atoms with E-state index in [2.05, 4.69) is 31.9 Å². The van der Waals surface area contributed by atoms with Gasteiger partial charge in [0.25, 0.3) is 5.56 Å². The van der Waals surface area contributed by atoms with Gasteiger partial charge in [-0.2, -0.15) is 9.78 Å². The van der Waals surface area contributed by atoms with Gasteiger partial charge in [0.15, 0.2) is 5.82 Å². The van der Waals surface area contributed by atoms with E-state index in [-0.39, 0.29) is 17.6 Å². The number of ether oxygens (including phenoxy) is 2. The number of fused-ring (bicyclic) bond motifs is 1. The lowest BCUT2D eigenvalue weighted by atomic mass is 9.96. The highest BCUT2D eigenvalue weighted by Crippen LogP contribution is 2.34. The summed E-state index contributed by atoms with van der Waals surface area (Å²) in [6.07, 6.45) is 2.62. The quantitative estimate of drug-likeness (QED) is 0.266. The van der Waals surface area contributed by atoms with E-state index in [1.54, 1.807) is 19.4 Å². The van der Waals surface area contributed by atoms with Crippen molar-refractivity contribution in [1.82, 2.24) is 9.66 Å². The molecule has 6 nitrogen and oxygen atoms in total. The first-order chi connectivity index (χ1) is 17.3. The van der Waals surface area contributed by atoms with Crippen LogP contribution in [0, 0.1) is 6.92 Å². The zero-order chi connectivity index (χ0) is 25.8. The van der Waals surface area contributed by atoms with Crippen LogP contribution in [0.5, 0.6) is 11.5 Å². The van der Waals surface area contributed by atoms with Gasteiger partial charge in [0, 0.05) is 11.1 Å². The molecule has 0 amide bonds. The van der Waals surface area contributed by atoms with Gasteiger partial charge in [0.2, 0.25) is 0 Å². The summed E-state index contributed by atoms with van der Waals surface area (Å²) in [6, 6.07) is 19.1. The molecule has 0 bridgehead atoms. The molecule has 6 heteroatoms. The summed E-state index contributed by atoms with van der Waals surface area (Å²) < 4.78 is 13.1. The Labute approximate surface area is 212 Å². The maximum Gasteiger partial charge on any atom is 0.282 e. The summed E-state index contributed by atoms with van der Waals surface area (Å²) in [4.78, 5) is 18.6. The van der Waals surface area contributed by atoms with Gasteiger partial charge in [-0.1, -0.05) is 45.0 Å². The molecule has 0 aliphatic rings. The SMILES string of the molecule is CC[C@H](C)Oc1ccccc1C=Nn1c(-c2cc(C(C)C)c(OC)cc2C)nc2ccccc2c1=O. The normalized spacial score (nSPS) is 12.4. The van der Waals surface area contributed by atoms with Gasteiger partial charge in [0.05, 0.1) is 30.3 Å². The van der Waals surface area contributed by atoms with Gasteiger partial charge in [-0.05, 0) is 73.7 Å². The van der Waals surface area contributed by atoms with Crippen LogP contribution < -0.4 is 15.0 Å². The van der Waals surface area contributed by atoms with Crippen molar-refractivity contribution in [2.45, 2.75) is 53.1 Å². The number of hydrogen-bond acceptors (Lipinski definition) is 5. The van der Waals surface area contributed by atoms with Gasteiger partial charge in [-0.25, -0.2) is 4.98 Å². The second-order valence-electron chi connectivity index (χ2n) is 9.25. The summed E-state index contributed by atoms with van der Waals surface area (Å²) in [5.41, 5.74) is 4.02. The summed E-state index contributed by atoms with van der Waals surface area (Å²) in [5.74, 6) is 2.26. The minimum Gasteiger partial charge on any atom is -0.496 e. The molecule has 0 saturated heterocycles. The zero-order valence-electron chi connectivity index (χ0n) is 21.8. The Morgan fingerprint density at radius 2 is 1.75 bits per heavy atom. The average Bonchev–Trinajstić information content (AvgIpc) is 2.88. The monoisotopic (exact) mass is 483 g/mol. The molecule has 3 aromatic carbocycles.